The number of likely N-dealkylation sites (N-methyl/N-ethyl adjacent to an activating group) is 1. The Labute approximate surface area is 390 Å². The Hall–Kier alpha value is -6.99. The zero-order chi connectivity index (χ0) is 50.4. The largest absolute Gasteiger partial charge is 0.508 e. The summed E-state index contributed by atoms with van der Waals surface area (Å²) in [5.41, 5.74) is 16.4. The summed E-state index contributed by atoms with van der Waals surface area (Å²) in [6.45, 7) is 1.45. The van der Waals surface area contributed by atoms with E-state index >= 15 is 0 Å². The Bertz CT molecular complexity index is 1990. The van der Waals surface area contributed by atoms with Crippen LogP contribution in [0.5, 0.6) is 5.75 Å². The van der Waals surface area contributed by atoms with Gasteiger partial charge in [0.25, 0.3) is 0 Å². The molecule has 1 aromatic rings. The van der Waals surface area contributed by atoms with Crippen molar-refractivity contribution >= 4 is 82.6 Å². The number of carbonyl (C=O) groups is 12. The normalized spacial score (nSPS) is 21.0. The third kappa shape index (κ3) is 20.4. The van der Waals surface area contributed by atoms with Gasteiger partial charge in [-0.3, -0.25) is 57.5 Å². The SMILES string of the molecule is CC[C@H](C)[C@@H]1NC(=O)[C@H](Cc2ccc(O)cc2)NC(=O)CCC(=O)NC[C@@H](C(=O)N(C)CC(=O)N[C@@H](CCSC)C(=O)NCC(N)=O)NC(=O)[C@H](CC(N)=O)NC(=O)[C@H](CCC(N)=O)NC1=O. The number of hydrogen-bond donors (Lipinski definition) is 12. The molecule has 1 aromatic carbocycles. The van der Waals surface area contributed by atoms with Crippen LogP contribution in [0.15, 0.2) is 24.3 Å². The van der Waals surface area contributed by atoms with Crippen LogP contribution in [-0.2, 0) is 64.0 Å². The number of nitrogens with one attached hydrogen (secondary N) is 8. The van der Waals surface area contributed by atoms with Crippen molar-refractivity contribution in [3.8, 4) is 5.75 Å². The number of nitrogens with zero attached hydrogens (tertiary/aromatic N) is 1. The van der Waals surface area contributed by atoms with Crippen LogP contribution in [0, 0.1) is 5.92 Å². The summed E-state index contributed by atoms with van der Waals surface area (Å²) in [4.78, 5) is 158. The molecule has 370 valence electrons. The van der Waals surface area contributed by atoms with Crippen molar-refractivity contribution < 1.29 is 62.6 Å². The van der Waals surface area contributed by atoms with Gasteiger partial charge in [0.05, 0.1) is 19.5 Å². The molecule has 1 fully saturated rings. The Balaban J connectivity index is 2.58. The first kappa shape index (κ1) is 56.1. The van der Waals surface area contributed by atoms with E-state index in [1.807, 2.05) is 0 Å². The fourth-order valence-corrected chi connectivity index (χ4v) is 6.88. The first-order valence-electron chi connectivity index (χ1n) is 21.3. The minimum absolute atomic E-state index is 0.0691. The van der Waals surface area contributed by atoms with E-state index < -0.39 is 165 Å². The minimum atomic E-state index is -1.84. The van der Waals surface area contributed by atoms with Gasteiger partial charge in [0.15, 0.2) is 0 Å². The topological polar surface area (TPSA) is 403 Å². The Kier molecular flexibility index (Phi) is 23.6. The average Bonchev–Trinajstić information content (AvgIpc) is 3.26. The van der Waals surface area contributed by atoms with Crippen molar-refractivity contribution in [2.45, 2.75) is 101 Å². The van der Waals surface area contributed by atoms with E-state index in [1.165, 1.54) is 36.0 Å². The van der Waals surface area contributed by atoms with Gasteiger partial charge in [-0.2, -0.15) is 11.8 Å². The van der Waals surface area contributed by atoms with Gasteiger partial charge in [0.1, 0.15) is 42.0 Å². The molecule has 1 heterocycles. The molecular formula is C41H62N12O13S. The van der Waals surface area contributed by atoms with Gasteiger partial charge in [0.2, 0.25) is 70.9 Å². The second-order valence-corrected chi connectivity index (χ2v) is 16.8. The predicted molar refractivity (Wildman–Crippen MR) is 240 cm³/mol. The molecule has 12 amide bonds. The summed E-state index contributed by atoms with van der Waals surface area (Å²) in [5.74, 6) is -11.3. The number of primary amides is 3. The fraction of sp³-hybridized carbons (Fsp3) is 0.561. The number of amides is 12. The highest BCUT2D eigenvalue weighted by atomic mass is 32.2. The molecule has 0 radical (unpaired) electrons. The third-order valence-corrected chi connectivity index (χ3v) is 11.0. The number of thioether (sulfide) groups is 1. The van der Waals surface area contributed by atoms with E-state index in [4.69, 9.17) is 17.2 Å². The van der Waals surface area contributed by atoms with Crippen LogP contribution < -0.4 is 59.7 Å². The van der Waals surface area contributed by atoms with Crippen molar-refractivity contribution in [1.29, 1.82) is 0 Å². The van der Waals surface area contributed by atoms with Gasteiger partial charge in [0, 0.05) is 39.3 Å². The highest BCUT2D eigenvalue weighted by molar-refractivity contribution is 7.98. The molecule has 0 unspecified atom stereocenters. The monoisotopic (exact) mass is 962 g/mol. The lowest BCUT2D eigenvalue weighted by Crippen LogP contribution is -2.61. The van der Waals surface area contributed by atoms with E-state index in [0.29, 0.717) is 17.7 Å². The molecule has 0 spiro atoms. The van der Waals surface area contributed by atoms with Gasteiger partial charge in [-0.25, -0.2) is 0 Å². The molecule has 15 N–H and O–H groups in total. The molecule has 25 nitrogen and oxygen atoms in total. The maximum Gasteiger partial charge on any atom is 0.247 e. The molecule has 0 saturated carbocycles. The van der Waals surface area contributed by atoms with E-state index in [0.717, 1.165) is 11.9 Å². The lowest BCUT2D eigenvalue weighted by molar-refractivity contribution is -0.140. The Morgan fingerprint density at radius 1 is 0.806 bits per heavy atom. The lowest BCUT2D eigenvalue weighted by atomic mass is 9.96. The number of benzene rings is 1. The van der Waals surface area contributed by atoms with Crippen LogP contribution in [0.1, 0.15) is 64.4 Å². The molecule has 2 rings (SSSR count). The number of nitrogens with two attached hydrogens (primary N) is 3. The smallest absolute Gasteiger partial charge is 0.247 e. The second-order valence-electron chi connectivity index (χ2n) is 15.8. The summed E-state index contributed by atoms with van der Waals surface area (Å²) in [5, 5.41) is 29.3. The molecule has 1 aliphatic heterocycles. The number of phenolic OH excluding ortho intramolecular Hbond substituents is 1. The molecule has 0 aliphatic carbocycles. The Morgan fingerprint density at radius 3 is 2.01 bits per heavy atom. The van der Waals surface area contributed by atoms with Crippen LogP contribution in [0.2, 0.25) is 0 Å². The van der Waals surface area contributed by atoms with Gasteiger partial charge in [-0.15, -0.1) is 0 Å². The van der Waals surface area contributed by atoms with Gasteiger partial charge in [-0.05, 0) is 48.5 Å². The van der Waals surface area contributed by atoms with E-state index in [-0.39, 0.29) is 18.6 Å². The molecule has 1 aliphatic rings. The zero-order valence-corrected chi connectivity index (χ0v) is 38.6. The third-order valence-electron chi connectivity index (χ3n) is 10.3. The number of phenols is 1. The van der Waals surface area contributed by atoms with Crippen molar-refractivity contribution in [3.63, 3.8) is 0 Å². The highest BCUT2D eigenvalue weighted by Gasteiger charge is 2.36. The first-order chi connectivity index (χ1) is 31.5. The highest BCUT2D eigenvalue weighted by Crippen LogP contribution is 2.14. The minimum Gasteiger partial charge on any atom is -0.508 e. The second kappa shape index (κ2) is 28.1. The summed E-state index contributed by atoms with van der Waals surface area (Å²) in [6, 6.07) is -3.30. The summed E-state index contributed by atoms with van der Waals surface area (Å²) in [7, 11) is 1.16. The van der Waals surface area contributed by atoms with Crippen LogP contribution in [0.3, 0.4) is 0 Å². The van der Waals surface area contributed by atoms with E-state index in [2.05, 4.69) is 42.5 Å². The van der Waals surface area contributed by atoms with E-state index in [9.17, 15) is 62.6 Å². The van der Waals surface area contributed by atoms with Crippen LogP contribution in [-0.4, -0.2) is 156 Å². The summed E-state index contributed by atoms with van der Waals surface area (Å²) < 4.78 is 0. The number of carbonyl (C=O) groups excluding carboxylic acids is 12. The van der Waals surface area contributed by atoms with Gasteiger partial charge >= 0.3 is 0 Å². The van der Waals surface area contributed by atoms with Crippen molar-refractivity contribution in [1.82, 2.24) is 47.4 Å². The molecular weight excluding hydrogens is 901 g/mol. The van der Waals surface area contributed by atoms with Crippen LogP contribution >= 0.6 is 11.8 Å². The van der Waals surface area contributed by atoms with Crippen LogP contribution in [0.25, 0.3) is 0 Å². The van der Waals surface area contributed by atoms with Crippen LogP contribution in [0.4, 0.5) is 0 Å². The molecule has 26 heteroatoms. The molecule has 0 aromatic heterocycles. The van der Waals surface area contributed by atoms with E-state index in [1.54, 1.807) is 20.1 Å². The maximum absolute atomic E-state index is 14.0. The molecule has 1 saturated heterocycles. The molecule has 7 atom stereocenters. The zero-order valence-electron chi connectivity index (χ0n) is 37.8. The number of aromatic hydroxyl groups is 1. The van der Waals surface area contributed by atoms with Crippen molar-refractivity contribution in [2.24, 2.45) is 23.1 Å². The molecule has 67 heavy (non-hydrogen) atoms. The maximum atomic E-state index is 14.0. The fourth-order valence-electron chi connectivity index (χ4n) is 6.40. The van der Waals surface area contributed by atoms with Gasteiger partial charge < -0.3 is 69.7 Å². The summed E-state index contributed by atoms with van der Waals surface area (Å²) in [6.07, 6.45) is -0.692. The standard InChI is InChI=1S/C41H62N12O13S/c1-5-21(2)35-40(65)49-24(10-11-29(42)55)37(62)50-27(17-30(43)56)38(63)51-28(41(66)53(3)20-34(60)47-25(14-15-67-4)36(61)46-19-31(44)57)18-45-32(58)12-13-33(59)48-26(39(64)52-35)16-22-6-8-23(54)9-7-22/h6-9,21,24-28,35,54H,5,10-20H2,1-4H3,(H2,42,55)(H2,43,56)(H2,44,57)(H,45,58)(H,46,61)(H,47,60)(H,48,59)(H,49,65)(H,50,62)(H,51,63)(H,52,64)/t21-,24-,25-,26-,27-,28-,35-/m0/s1. The van der Waals surface area contributed by atoms with Crippen molar-refractivity contribution in [3.05, 3.63) is 29.8 Å². The molecule has 0 bridgehead atoms. The van der Waals surface area contributed by atoms with Crippen molar-refractivity contribution in [2.75, 3.05) is 38.7 Å². The van der Waals surface area contributed by atoms with Gasteiger partial charge in [-0.1, -0.05) is 32.4 Å². The quantitative estimate of drug-likeness (QED) is 0.0617. The summed E-state index contributed by atoms with van der Waals surface area (Å²) >= 11 is 1.37. The lowest BCUT2D eigenvalue weighted by Gasteiger charge is -2.29. The number of hydrogen-bond acceptors (Lipinski definition) is 14. The Morgan fingerprint density at radius 2 is 1.42 bits per heavy atom. The number of rotatable bonds is 19. The average molecular weight is 963 g/mol. The predicted octanol–water partition coefficient (Wildman–Crippen LogP) is -5.25. The first-order valence-corrected chi connectivity index (χ1v) is 22.7.